The Hall–Kier alpha value is -3.15. The summed E-state index contributed by atoms with van der Waals surface area (Å²) < 4.78 is 13.5. The maximum absolute atomic E-state index is 12.7. The number of amides is 1. The van der Waals surface area contributed by atoms with Crippen molar-refractivity contribution in [3.8, 4) is 17.2 Å². The lowest BCUT2D eigenvalue weighted by atomic mass is 10.2. The molecule has 4 aromatic rings. The van der Waals surface area contributed by atoms with E-state index in [1.165, 1.54) is 11.3 Å². The fourth-order valence-corrected chi connectivity index (χ4v) is 5.21. The summed E-state index contributed by atoms with van der Waals surface area (Å²) >= 11 is 7.84. The van der Waals surface area contributed by atoms with Crippen LogP contribution in [0.25, 0.3) is 16.0 Å². The molecule has 34 heavy (non-hydrogen) atoms. The van der Waals surface area contributed by atoms with Gasteiger partial charge in [-0.25, -0.2) is 4.98 Å². The van der Waals surface area contributed by atoms with Gasteiger partial charge in [0.1, 0.15) is 16.2 Å². The summed E-state index contributed by atoms with van der Waals surface area (Å²) in [6.45, 7) is 4.42. The van der Waals surface area contributed by atoms with Crippen LogP contribution in [-0.2, 0) is 4.79 Å². The van der Waals surface area contributed by atoms with E-state index in [2.05, 4.69) is 15.3 Å². The largest absolute Gasteiger partial charge is 0.495 e. The van der Waals surface area contributed by atoms with Gasteiger partial charge in [0.15, 0.2) is 14.8 Å². The Morgan fingerprint density at radius 2 is 2.03 bits per heavy atom. The lowest BCUT2D eigenvalue weighted by Crippen LogP contribution is -2.16. The molecule has 1 amide bonds. The molecule has 0 aliphatic rings. The van der Waals surface area contributed by atoms with E-state index < -0.39 is 0 Å². The second-order valence-electron chi connectivity index (χ2n) is 7.19. The topological polar surface area (TPSA) is 98.2 Å². The molecule has 0 atom stereocenters. The number of ether oxygens (including phenoxy) is 2. The SMILES string of the molecule is CCOc1ccc(-n2c(=S)sc3c(=O)[nH]c(SCC(=O)Nc4cc(C)ccc4OC)nc32)cc1. The fraction of sp³-hybridized carbons (Fsp3) is 0.217. The Morgan fingerprint density at radius 1 is 1.26 bits per heavy atom. The number of benzene rings is 2. The lowest BCUT2D eigenvalue weighted by molar-refractivity contribution is -0.113. The second kappa shape index (κ2) is 10.4. The number of H-pyrrole nitrogens is 1. The average Bonchev–Trinajstić information content (AvgIpc) is 3.15. The molecule has 0 radical (unpaired) electrons. The van der Waals surface area contributed by atoms with E-state index in [1.807, 2.05) is 50.2 Å². The summed E-state index contributed by atoms with van der Waals surface area (Å²) in [5, 5.41) is 3.17. The molecular formula is C23H22N4O4S3. The third-order valence-corrected chi connectivity index (χ3v) is 7.03. The van der Waals surface area contributed by atoms with Gasteiger partial charge in [-0.15, -0.1) is 0 Å². The zero-order valence-electron chi connectivity index (χ0n) is 18.7. The highest BCUT2D eigenvalue weighted by Gasteiger charge is 2.15. The van der Waals surface area contributed by atoms with Gasteiger partial charge < -0.3 is 19.8 Å². The van der Waals surface area contributed by atoms with Crippen molar-refractivity contribution >= 4 is 57.3 Å². The average molecular weight is 515 g/mol. The number of anilines is 1. The van der Waals surface area contributed by atoms with Crippen LogP contribution in [0.1, 0.15) is 12.5 Å². The molecular weight excluding hydrogens is 492 g/mol. The molecule has 2 N–H and O–H groups in total. The molecule has 11 heteroatoms. The molecule has 8 nitrogen and oxygen atoms in total. The number of aryl methyl sites for hydroxylation is 1. The van der Waals surface area contributed by atoms with E-state index in [1.54, 1.807) is 17.7 Å². The summed E-state index contributed by atoms with van der Waals surface area (Å²) in [6.07, 6.45) is 0. The van der Waals surface area contributed by atoms with Gasteiger partial charge in [-0.3, -0.25) is 14.2 Å². The number of aromatic nitrogens is 3. The summed E-state index contributed by atoms with van der Waals surface area (Å²) in [5.41, 5.74) is 2.52. The molecule has 0 aliphatic carbocycles. The molecule has 2 heterocycles. The van der Waals surface area contributed by atoms with Gasteiger partial charge in [0.2, 0.25) is 5.91 Å². The van der Waals surface area contributed by atoms with Crippen LogP contribution in [0.5, 0.6) is 11.5 Å². The highest BCUT2D eigenvalue weighted by Crippen LogP contribution is 2.27. The monoisotopic (exact) mass is 514 g/mol. The van der Waals surface area contributed by atoms with Gasteiger partial charge in [0.25, 0.3) is 5.56 Å². The van der Waals surface area contributed by atoms with Crippen LogP contribution in [0.3, 0.4) is 0 Å². The minimum atomic E-state index is -0.297. The number of nitrogens with one attached hydrogen (secondary N) is 2. The molecule has 0 fully saturated rings. The second-order valence-corrected chi connectivity index (χ2v) is 9.80. The molecule has 0 saturated heterocycles. The smallest absolute Gasteiger partial charge is 0.271 e. The summed E-state index contributed by atoms with van der Waals surface area (Å²) in [5.74, 6) is 1.13. The number of thiazole rings is 1. The number of rotatable bonds is 8. The van der Waals surface area contributed by atoms with Gasteiger partial charge in [-0.1, -0.05) is 29.2 Å². The molecule has 4 rings (SSSR count). The van der Waals surface area contributed by atoms with Crippen LogP contribution in [-0.4, -0.2) is 39.9 Å². The van der Waals surface area contributed by atoms with Crippen molar-refractivity contribution in [2.45, 2.75) is 19.0 Å². The van der Waals surface area contributed by atoms with Crippen molar-refractivity contribution in [1.29, 1.82) is 0 Å². The normalized spacial score (nSPS) is 10.9. The van der Waals surface area contributed by atoms with E-state index >= 15 is 0 Å². The maximum Gasteiger partial charge on any atom is 0.271 e. The first-order valence-corrected chi connectivity index (χ1v) is 12.6. The number of hydrogen-bond donors (Lipinski definition) is 2. The van der Waals surface area contributed by atoms with Crippen LogP contribution in [0.4, 0.5) is 5.69 Å². The Labute approximate surface area is 209 Å². The minimum absolute atomic E-state index is 0.0550. The number of aromatic amines is 1. The first kappa shape index (κ1) is 24.0. The molecule has 0 spiro atoms. The Kier molecular flexibility index (Phi) is 7.35. The summed E-state index contributed by atoms with van der Waals surface area (Å²) in [6, 6.07) is 13.0. The van der Waals surface area contributed by atoms with Gasteiger partial charge >= 0.3 is 0 Å². The fourth-order valence-electron chi connectivity index (χ4n) is 3.29. The van der Waals surface area contributed by atoms with E-state index in [0.29, 0.717) is 37.5 Å². The van der Waals surface area contributed by atoms with Crippen molar-refractivity contribution in [2.24, 2.45) is 0 Å². The van der Waals surface area contributed by atoms with Crippen molar-refractivity contribution in [2.75, 3.05) is 24.8 Å². The van der Waals surface area contributed by atoms with E-state index in [-0.39, 0.29) is 17.2 Å². The minimum Gasteiger partial charge on any atom is -0.495 e. The lowest BCUT2D eigenvalue weighted by Gasteiger charge is -2.11. The number of carbonyl (C=O) groups is 1. The predicted molar refractivity (Wildman–Crippen MR) is 139 cm³/mol. The van der Waals surface area contributed by atoms with Crippen LogP contribution >= 0.6 is 35.3 Å². The summed E-state index contributed by atoms with van der Waals surface area (Å²) in [7, 11) is 1.55. The van der Waals surface area contributed by atoms with Gasteiger partial charge in [0.05, 0.1) is 25.2 Å². The van der Waals surface area contributed by atoms with E-state index in [4.69, 9.17) is 21.7 Å². The Balaban J connectivity index is 1.58. The van der Waals surface area contributed by atoms with Gasteiger partial charge in [-0.05, 0) is 68.0 Å². The molecule has 2 aromatic carbocycles. The first-order chi connectivity index (χ1) is 16.4. The molecule has 176 valence electrons. The maximum atomic E-state index is 12.7. The van der Waals surface area contributed by atoms with Crippen LogP contribution < -0.4 is 20.3 Å². The van der Waals surface area contributed by atoms with Crippen molar-refractivity contribution < 1.29 is 14.3 Å². The number of hydrogen-bond acceptors (Lipinski definition) is 8. The molecule has 0 bridgehead atoms. The zero-order chi connectivity index (χ0) is 24.2. The predicted octanol–water partition coefficient (Wildman–Crippen LogP) is 4.95. The van der Waals surface area contributed by atoms with Crippen LogP contribution in [0, 0.1) is 10.9 Å². The Morgan fingerprint density at radius 3 is 2.74 bits per heavy atom. The summed E-state index contributed by atoms with van der Waals surface area (Å²) in [4.78, 5) is 32.6. The molecule has 2 aromatic heterocycles. The van der Waals surface area contributed by atoms with Crippen LogP contribution in [0.2, 0.25) is 0 Å². The highest BCUT2D eigenvalue weighted by atomic mass is 32.2. The third-order valence-electron chi connectivity index (χ3n) is 4.80. The number of methoxy groups -OCH3 is 1. The van der Waals surface area contributed by atoms with E-state index in [0.717, 1.165) is 28.8 Å². The molecule has 0 unspecified atom stereocenters. The Bertz CT molecular complexity index is 1460. The van der Waals surface area contributed by atoms with Crippen molar-refractivity contribution in [3.63, 3.8) is 0 Å². The van der Waals surface area contributed by atoms with Crippen molar-refractivity contribution in [1.82, 2.24) is 14.5 Å². The number of carbonyl (C=O) groups excluding carboxylic acids is 1. The quantitative estimate of drug-likeness (QED) is 0.195. The molecule has 0 saturated carbocycles. The zero-order valence-corrected chi connectivity index (χ0v) is 21.2. The van der Waals surface area contributed by atoms with Crippen molar-refractivity contribution in [3.05, 3.63) is 62.3 Å². The van der Waals surface area contributed by atoms with Gasteiger partial charge in [0, 0.05) is 5.69 Å². The third kappa shape index (κ3) is 5.16. The molecule has 0 aliphatic heterocycles. The van der Waals surface area contributed by atoms with Gasteiger partial charge in [-0.2, -0.15) is 0 Å². The standard InChI is InChI=1S/C23H22N4O4S3/c1-4-31-15-8-6-14(7-9-15)27-20-19(34-23(27)32)21(29)26-22(25-20)33-12-18(28)24-16-11-13(2)5-10-17(16)30-3/h5-11H,4,12H2,1-3H3,(H,24,28)(H,25,26,29). The van der Waals surface area contributed by atoms with E-state index in [9.17, 15) is 9.59 Å². The first-order valence-electron chi connectivity index (χ1n) is 10.4. The highest BCUT2D eigenvalue weighted by molar-refractivity contribution is 7.99. The number of fused-ring (bicyclic) bond motifs is 1. The van der Waals surface area contributed by atoms with Crippen LogP contribution in [0.15, 0.2) is 52.4 Å². The number of nitrogens with zero attached hydrogens (tertiary/aromatic N) is 2. The number of thioether (sulfide) groups is 1.